The van der Waals surface area contributed by atoms with Crippen LogP contribution in [0.3, 0.4) is 0 Å². The molecule has 0 radical (unpaired) electrons. The van der Waals surface area contributed by atoms with E-state index in [-0.39, 0.29) is 16.3 Å². The molecule has 3 rings (SSSR count). The summed E-state index contributed by atoms with van der Waals surface area (Å²) < 4.78 is 35.7. The molecule has 0 aliphatic heterocycles. The number of hydrogen-bond acceptors (Lipinski definition) is 9. The molecular formula is C16H12N2O7S2. The van der Waals surface area contributed by atoms with E-state index in [0.29, 0.717) is 22.2 Å². The molecule has 0 bridgehead atoms. The van der Waals surface area contributed by atoms with Crippen LogP contribution in [0, 0.1) is 0 Å². The van der Waals surface area contributed by atoms with Crippen LogP contribution in [-0.2, 0) is 19.5 Å². The van der Waals surface area contributed by atoms with Gasteiger partial charge < -0.3 is 9.99 Å². The van der Waals surface area contributed by atoms with Gasteiger partial charge in [-0.3, -0.25) is 4.55 Å². The number of benzene rings is 3. The van der Waals surface area contributed by atoms with Crippen LogP contribution < -0.4 is 4.89 Å². The molecule has 27 heavy (non-hydrogen) atoms. The molecule has 0 spiro atoms. The molecule has 0 heterocycles. The Morgan fingerprint density at radius 2 is 1.70 bits per heavy atom. The van der Waals surface area contributed by atoms with Crippen LogP contribution >= 0.6 is 12.9 Å². The summed E-state index contributed by atoms with van der Waals surface area (Å²) in [6.07, 6.45) is 0. The van der Waals surface area contributed by atoms with Crippen molar-refractivity contribution in [2.45, 2.75) is 4.90 Å². The summed E-state index contributed by atoms with van der Waals surface area (Å²) in [4.78, 5) is 4.45. The average Bonchev–Trinajstić information content (AvgIpc) is 2.65. The van der Waals surface area contributed by atoms with Gasteiger partial charge in [-0.05, 0) is 52.9 Å². The van der Waals surface area contributed by atoms with Crippen molar-refractivity contribution in [1.29, 1.82) is 0 Å². The highest BCUT2D eigenvalue weighted by Crippen LogP contribution is 2.37. The maximum atomic E-state index is 11.3. The van der Waals surface area contributed by atoms with Crippen LogP contribution in [0.5, 0.6) is 11.5 Å². The second kappa shape index (κ2) is 7.90. The highest BCUT2D eigenvalue weighted by Gasteiger charge is 2.13. The van der Waals surface area contributed by atoms with Gasteiger partial charge in [-0.25, -0.2) is 0 Å². The van der Waals surface area contributed by atoms with Gasteiger partial charge in [0.15, 0.2) is 5.75 Å². The monoisotopic (exact) mass is 408 g/mol. The quantitative estimate of drug-likeness (QED) is 0.139. The van der Waals surface area contributed by atoms with E-state index in [4.69, 9.17) is 9.44 Å². The zero-order valence-electron chi connectivity index (χ0n) is 13.4. The van der Waals surface area contributed by atoms with Gasteiger partial charge in [0.2, 0.25) is 0 Å². The first-order chi connectivity index (χ1) is 12.9. The molecule has 0 unspecified atom stereocenters. The number of azo groups is 1. The molecule has 2 N–H and O–H groups in total. The van der Waals surface area contributed by atoms with Gasteiger partial charge in [0, 0.05) is 18.3 Å². The zero-order valence-corrected chi connectivity index (χ0v) is 15.1. The molecule has 3 aromatic rings. The lowest BCUT2D eigenvalue weighted by atomic mass is 10.1. The van der Waals surface area contributed by atoms with Gasteiger partial charge in [0.05, 0.1) is 10.6 Å². The standard InChI is InChI=1S/C16H12N2O7S2/c19-15-8-1-10-9-13(27(20,21)22)6-7-14(10)16(15)18-17-11-2-4-12(5-3-11)23-24-25-26/h1-9,19,26H,(H,20,21,22). The molecule has 9 nitrogen and oxygen atoms in total. The lowest BCUT2D eigenvalue weighted by Crippen LogP contribution is -1.97. The van der Waals surface area contributed by atoms with Crippen LogP contribution in [0.15, 0.2) is 69.7 Å². The highest BCUT2D eigenvalue weighted by atomic mass is 32.2. The number of fused-ring (bicyclic) bond motifs is 1. The molecular weight excluding hydrogens is 396 g/mol. The maximum Gasteiger partial charge on any atom is 0.294 e. The van der Waals surface area contributed by atoms with Crippen LogP contribution in [0.4, 0.5) is 11.4 Å². The predicted molar refractivity (Wildman–Crippen MR) is 97.8 cm³/mol. The van der Waals surface area contributed by atoms with Crippen LogP contribution in [0.1, 0.15) is 0 Å². The van der Waals surface area contributed by atoms with Crippen molar-refractivity contribution < 1.29 is 32.3 Å². The largest absolute Gasteiger partial charge is 0.506 e. The number of phenols is 1. The van der Waals surface area contributed by atoms with Crippen molar-refractivity contribution in [3.63, 3.8) is 0 Å². The molecule has 0 saturated heterocycles. The molecule has 140 valence electrons. The average molecular weight is 408 g/mol. The first-order valence-corrected chi connectivity index (χ1v) is 9.09. The van der Waals surface area contributed by atoms with E-state index in [9.17, 15) is 13.5 Å². The normalized spacial score (nSPS) is 11.9. The smallest absolute Gasteiger partial charge is 0.294 e. The number of nitrogens with zero attached hydrogens (tertiary/aromatic N) is 2. The van der Waals surface area contributed by atoms with Gasteiger partial charge in [0.1, 0.15) is 11.4 Å². The van der Waals surface area contributed by atoms with Gasteiger partial charge in [-0.15, -0.1) is 9.45 Å². The Morgan fingerprint density at radius 1 is 0.963 bits per heavy atom. The summed E-state index contributed by atoms with van der Waals surface area (Å²) >= 11 is 3.35. The summed E-state index contributed by atoms with van der Waals surface area (Å²) in [5.74, 6) is 0.207. The van der Waals surface area contributed by atoms with E-state index in [1.54, 1.807) is 24.3 Å². The Morgan fingerprint density at radius 3 is 2.37 bits per heavy atom. The molecule has 0 amide bonds. The van der Waals surface area contributed by atoms with Crippen molar-refractivity contribution in [2.75, 3.05) is 0 Å². The van der Waals surface area contributed by atoms with Crippen LogP contribution in [-0.4, -0.2) is 18.1 Å². The molecule has 11 heteroatoms. The van der Waals surface area contributed by atoms with Crippen molar-refractivity contribution >= 4 is 45.2 Å². The first-order valence-electron chi connectivity index (χ1n) is 7.28. The van der Waals surface area contributed by atoms with E-state index in [1.165, 1.54) is 30.3 Å². The number of phenolic OH excluding ortho intramolecular Hbond substituents is 1. The number of rotatable bonds is 6. The van der Waals surface area contributed by atoms with Crippen LogP contribution in [0.25, 0.3) is 10.8 Å². The van der Waals surface area contributed by atoms with E-state index in [1.807, 2.05) is 0 Å². The molecule has 0 aromatic heterocycles. The van der Waals surface area contributed by atoms with Crippen LogP contribution in [0.2, 0.25) is 0 Å². The molecule has 0 aliphatic rings. The van der Waals surface area contributed by atoms with E-state index in [0.717, 1.165) is 0 Å². The lowest BCUT2D eigenvalue weighted by molar-refractivity contribution is -0.402. The summed E-state index contributed by atoms with van der Waals surface area (Å²) in [7, 11) is -4.34. The summed E-state index contributed by atoms with van der Waals surface area (Å²) in [6.45, 7) is 0. The Hall–Kier alpha value is -2.70. The van der Waals surface area contributed by atoms with Gasteiger partial charge in [0.25, 0.3) is 10.1 Å². The van der Waals surface area contributed by atoms with E-state index >= 15 is 0 Å². The Kier molecular flexibility index (Phi) is 5.58. The van der Waals surface area contributed by atoms with Gasteiger partial charge in [-0.1, -0.05) is 12.1 Å². The fourth-order valence-corrected chi connectivity index (χ4v) is 2.82. The summed E-state index contributed by atoms with van der Waals surface area (Å²) in [5, 5.41) is 23.3. The zero-order chi connectivity index (χ0) is 19.4. The van der Waals surface area contributed by atoms with Crippen molar-refractivity contribution in [3.8, 4) is 11.5 Å². The fourth-order valence-electron chi connectivity index (χ4n) is 2.28. The minimum Gasteiger partial charge on any atom is -0.506 e. The lowest BCUT2D eigenvalue weighted by Gasteiger charge is -2.06. The Bertz CT molecular complexity index is 1100. The van der Waals surface area contributed by atoms with Gasteiger partial charge >= 0.3 is 0 Å². The minimum atomic E-state index is -4.34. The van der Waals surface area contributed by atoms with E-state index in [2.05, 4.69) is 32.5 Å². The minimum absolute atomic E-state index is 0.134. The number of thiol groups is 1. The third-order valence-corrected chi connectivity index (χ3v) is 4.41. The molecule has 0 saturated carbocycles. The third-order valence-electron chi connectivity index (χ3n) is 3.50. The van der Waals surface area contributed by atoms with Crippen molar-refractivity contribution in [1.82, 2.24) is 0 Å². The highest BCUT2D eigenvalue weighted by molar-refractivity contribution is 7.85. The van der Waals surface area contributed by atoms with E-state index < -0.39 is 10.1 Å². The Balaban J connectivity index is 1.94. The summed E-state index contributed by atoms with van der Waals surface area (Å²) in [5.41, 5.74) is 0.613. The number of aromatic hydroxyl groups is 1. The van der Waals surface area contributed by atoms with Gasteiger partial charge in [-0.2, -0.15) is 13.5 Å². The molecule has 0 fully saturated rings. The van der Waals surface area contributed by atoms with Crippen molar-refractivity contribution in [2.24, 2.45) is 10.2 Å². The molecule has 0 atom stereocenters. The number of hydrogen-bond donors (Lipinski definition) is 3. The third kappa shape index (κ3) is 4.53. The SMILES string of the molecule is O=S(=O)(O)c1ccc2c(N=Nc3ccc(OOOS)cc3)c(O)ccc2c1. The predicted octanol–water partition coefficient (Wildman–Crippen LogP) is 4.29. The first kappa shape index (κ1) is 19.1. The topological polar surface area (TPSA) is 127 Å². The maximum absolute atomic E-state index is 11.3. The second-order valence-electron chi connectivity index (χ2n) is 5.21. The Labute approximate surface area is 159 Å². The fraction of sp³-hybridized carbons (Fsp3) is 0. The molecule has 3 aromatic carbocycles. The van der Waals surface area contributed by atoms with Crippen molar-refractivity contribution in [3.05, 3.63) is 54.6 Å². The molecule has 0 aliphatic carbocycles. The second-order valence-corrected chi connectivity index (χ2v) is 6.78. The summed E-state index contributed by atoms with van der Waals surface area (Å²) in [6, 6.07) is 13.0.